The van der Waals surface area contributed by atoms with Crippen LogP contribution in [0.1, 0.15) is 36.2 Å². The van der Waals surface area contributed by atoms with Crippen molar-refractivity contribution < 1.29 is 19.1 Å². The zero-order valence-corrected chi connectivity index (χ0v) is 19.9. The fraction of sp³-hybridized carbons (Fsp3) is 0.385. The maximum absolute atomic E-state index is 12.2. The van der Waals surface area contributed by atoms with Crippen LogP contribution in [0.15, 0.2) is 30.5 Å². The van der Waals surface area contributed by atoms with Crippen molar-refractivity contribution in [1.82, 2.24) is 14.4 Å². The SMILES string of the molecule is C#CC.C/C=C\c1c(C)ccn1C.CN1CC(=O)N2Cc3cc4c(cc3CC2C1=O)OCO4. The zero-order chi connectivity index (χ0) is 24.1. The number of nitrogens with zero attached hydrogens (tertiary/aromatic N) is 3. The third-order valence-electron chi connectivity index (χ3n) is 5.84. The second kappa shape index (κ2) is 10.3. The Hall–Kier alpha value is -3.66. The Morgan fingerprint density at radius 1 is 1.12 bits per heavy atom. The third-order valence-corrected chi connectivity index (χ3v) is 5.84. The van der Waals surface area contributed by atoms with Gasteiger partial charge in [0.15, 0.2) is 11.5 Å². The maximum atomic E-state index is 12.2. The molecule has 7 nitrogen and oxygen atoms in total. The molecule has 33 heavy (non-hydrogen) atoms. The highest BCUT2D eigenvalue weighted by molar-refractivity contribution is 5.95. The fourth-order valence-corrected chi connectivity index (χ4v) is 4.16. The molecule has 174 valence electrons. The average Bonchev–Trinajstić information content (AvgIpc) is 3.37. The van der Waals surface area contributed by atoms with Gasteiger partial charge < -0.3 is 23.8 Å². The molecule has 2 aromatic rings. The van der Waals surface area contributed by atoms with E-state index in [9.17, 15) is 9.59 Å². The molecule has 0 spiro atoms. The molecule has 1 saturated heterocycles. The number of carbonyl (C=O) groups excluding carboxylic acids is 2. The smallest absolute Gasteiger partial charge is 0.245 e. The molecule has 0 radical (unpaired) electrons. The van der Waals surface area contributed by atoms with E-state index in [0.717, 1.165) is 22.6 Å². The summed E-state index contributed by atoms with van der Waals surface area (Å²) in [5.41, 5.74) is 4.73. The first-order valence-electron chi connectivity index (χ1n) is 10.9. The van der Waals surface area contributed by atoms with Gasteiger partial charge in [-0.3, -0.25) is 9.59 Å². The van der Waals surface area contributed by atoms with Gasteiger partial charge in [0.1, 0.15) is 6.04 Å². The van der Waals surface area contributed by atoms with Gasteiger partial charge in [0.05, 0.1) is 6.54 Å². The van der Waals surface area contributed by atoms with E-state index < -0.39 is 0 Å². The van der Waals surface area contributed by atoms with Crippen LogP contribution in [-0.4, -0.2) is 52.6 Å². The number of aromatic nitrogens is 1. The lowest BCUT2D eigenvalue weighted by atomic mass is 9.91. The van der Waals surface area contributed by atoms with Gasteiger partial charge in [-0.1, -0.05) is 6.08 Å². The highest BCUT2D eigenvalue weighted by Crippen LogP contribution is 2.38. The summed E-state index contributed by atoms with van der Waals surface area (Å²) in [7, 11) is 3.73. The molecule has 1 unspecified atom stereocenters. The van der Waals surface area contributed by atoms with Gasteiger partial charge in [0.25, 0.3) is 0 Å². The van der Waals surface area contributed by atoms with Crippen LogP contribution in [0.2, 0.25) is 0 Å². The molecule has 3 aliphatic heterocycles. The van der Waals surface area contributed by atoms with Gasteiger partial charge in [0.2, 0.25) is 18.6 Å². The molecular weight excluding hydrogens is 418 g/mol. The molecule has 4 heterocycles. The normalized spacial score (nSPS) is 18.0. The number of piperazine rings is 1. The predicted octanol–water partition coefficient (Wildman–Crippen LogP) is 3.15. The van der Waals surface area contributed by atoms with Gasteiger partial charge in [-0.05, 0) is 61.7 Å². The number of terminal acetylenes is 1. The number of ether oxygens (including phenoxy) is 2. The highest BCUT2D eigenvalue weighted by atomic mass is 16.7. The van der Waals surface area contributed by atoms with Crippen LogP contribution >= 0.6 is 0 Å². The van der Waals surface area contributed by atoms with E-state index in [1.165, 1.54) is 16.2 Å². The molecule has 1 atom stereocenters. The minimum Gasteiger partial charge on any atom is -0.454 e. The van der Waals surface area contributed by atoms with Gasteiger partial charge in [-0.2, -0.15) is 0 Å². The Bertz CT molecular complexity index is 1090. The Labute approximate surface area is 195 Å². The van der Waals surface area contributed by atoms with E-state index in [-0.39, 0.29) is 31.2 Å². The molecular formula is C26H31N3O4. The van der Waals surface area contributed by atoms with Gasteiger partial charge >= 0.3 is 0 Å². The largest absolute Gasteiger partial charge is 0.454 e. The van der Waals surface area contributed by atoms with E-state index in [0.29, 0.717) is 13.0 Å². The Balaban J connectivity index is 0.000000199. The zero-order valence-electron chi connectivity index (χ0n) is 19.9. The van der Waals surface area contributed by atoms with Crippen LogP contribution in [0.3, 0.4) is 0 Å². The van der Waals surface area contributed by atoms with Crippen molar-refractivity contribution in [1.29, 1.82) is 0 Å². The van der Waals surface area contributed by atoms with Crippen LogP contribution < -0.4 is 9.47 Å². The molecule has 1 aromatic heterocycles. The quantitative estimate of drug-likeness (QED) is 0.628. The molecule has 0 saturated carbocycles. The summed E-state index contributed by atoms with van der Waals surface area (Å²) in [6, 6.07) is 5.59. The molecule has 1 fully saturated rings. The van der Waals surface area contributed by atoms with Crippen molar-refractivity contribution in [3.05, 3.63) is 52.9 Å². The third kappa shape index (κ3) is 5.06. The predicted molar refractivity (Wildman–Crippen MR) is 128 cm³/mol. The van der Waals surface area contributed by atoms with Gasteiger partial charge in [-0.25, -0.2) is 0 Å². The number of benzene rings is 1. The first-order valence-corrected chi connectivity index (χ1v) is 10.9. The van der Waals surface area contributed by atoms with Crippen molar-refractivity contribution in [3.63, 3.8) is 0 Å². The number of amides is 2. The van der Waals surface area contributed by atoms with E-state index in [1.807, 2.05) is 19.1 Å². The number of fused-ring (bicyclic) bond motifs is 3. The van der Waals surface area contributed by atoms with Gasteiger partial charge in [-0.15, -0.1) is 12.3 Å². The molecule has 2 amide bonds. The van der Waals surface area contributed by atoms with E-state index in [1.54, 1.807) is 18.9 Å². The summed E-state index contributed by atoms with van der Waals surface area (Å²) in [5.74, 6) is 3.70. The van der Waals surface area contributed by atoms with Crippen LogP contribution in [0.5, 0.6) is 11.5 Å². The summed E-state index contributed by atoms with van der Waals surface area (Å²) >= 11 is 0. The molecule has 7 heteroatoms. The summed E-state index contributed by atoms with van der Waals surface area (Å²) in [6.45, 7) is 6.66. The van der Waals surface area contributed by atoms with Gasteiger partial charge in [0, 0.05) is 39.0 Å². The number of likely N-dealkylation sites (N-methyl/N-ethyl adjacent to an activating group) is 1. The fourth-order valence-electron chi connectivity index (χ4n) is 4.16. The number of carbonyl (C=O) groups is 2. The molecule has 5 rings (SSSR count). The van der Waals surface area contributed by atoms with Crippen molar-refractivity contribution in [2.45, 2.75) is 39.8 Å². The van der Waals surface area contributed by atoms with Crippen LogP contribution in [0, 0.1) is 19.3 Å². The van der Waals surface area contributed by atoms with Crippen LogP contribution in [-0.2, 0) is 29.6 Å². The van der Waals surface area contributed by atoms with E-state index >= 15 is 0 Å². The van der Waals surface area contributed by atoms with Crippen LogP contribution in [0.25, 0.3) is 6.08 Å². The summed E-state index contributed by atoms with van der Waals surface area (Å²) < 4.78 is 12.9. The molecule has 1 aromatic carbocycles. The number of hydrogen-bond donors (Lipinski definition) is 0. The molecule has 0 N–H and O–H groups in total. The van der Waals surface area contributed by atoms with E-state index in [2.05, 4.69) is 55.3 Å². The second-order valence-corrected chi connectivity index (χ2v) is 8.19. The number of rotatable bonds is 1. The Morgan fingerprint density at radius 3 is 2.33 bits per heavy atom. The molecule has 0 aliphatic carbocycles. The lowest BCUT2D eigenvalue weighted by Gasteiger charge is -2.42. The van der Waals surface area contributed by atoms with Crippen molar-refractivity contribution in [2.24, 2.45) is 7.05 Å². The van der Waals surface area contributed by atoms with Crippen molar-refractivity contribution in [2.75, 3.05) is 20.4 Å². The summed E-state index contributed by atoms with van der Waals surface area (Å²) in [4.78, 5) is 27.5. The number of aryl methyl sites for hydroxylation is 2. The average molecular weight is 450 g/mol. The first-order chi connectivity index (χ1) is 15.8. The van der Waals surface area contributed by atoms with Crippen LogP contribution in [0.4, 0.5) is 0 Å². The monoisotopic (exact) mass is 449 g/mol. The minimum atomic E-state index is -0.380. The second-order valence-electron chi connectivity index (χ2n) is 8.19. The standard InChI is InChI=1S/C14H14N2O4.C9H13N.C3H4/c1-15-6-13(17)16-5-9-4-12-11(19-7-20-12)3-8(9)2-10(16)14(15)18;1-4-5-9-8(2)6-7-10(9)3;1-3-2/h3-4,10H,2,5-7H2,1H3;4-7H,1-3H3;1H,2H3/b;5-4-;. The maximum Gasteiger partial charge on any atom is 0.245 e. The minimum absolute atomic E-state index is 0.000386. The summed E-state index contributed by atoms with van der Waals surface area (Å²) in [5, 5.41) is 0. The lowest BCUT2D eigenvalue weighted by molar-refractivity contribution is -0.155. The van der Waals surface area contributed by atoms with Crippen molar-refractivity contribution >= 4 is 17.9 Å². The van der Waals surface area contributed by atoms with E-state index in [4.69, 9.17) is 9.47 Å². The Morgan fingerprint density at radius 2 is 1.76 bits per heavy atom. The summed E-state index contributed by atoms with van der Waals surface area (Å²) in [6.07, 6.45) is 11.4. The number of hydrogen-bond acceptors (Lipinski definition) is 4. The lowest BCUT2D eigenvalue weighted by Crippen LogP contribution is -2.60. The molecule has 0 bridgehead atoms. The first kappa shape index (κ1) is 24.0. The van der Waals surface area contributed by atoms with Crippen molar-refractivity contribution in [3.8, 4) is 23.8 Å². The molecule has 3 aliphatic rings. The topological polar surface area (TPSA) is 64.0 Å². The Kier molecular flexibility index (Phi) is 7.49. The highest BCUT2D eigenvalue weighted by Gasteiger charge is 2.41. The number of allylic oxidation sites excluding steroid dienone is 1.